The Hall–Kier alpha value is -2.69. The van der Waals surface area contributed by atoms with Gasteiger partial charge in [-0.25, -0.2) is 0 Å². The second-order valence-corrected chi connectivity index (χ2v) is 7.64. The van der Waals surface area contributed by atoms with Crippen molar-refractivity contribution in [2.75, 3.05) is 17.2 Å². The summed E-state index contributed by atoms with van der Waals surface area (Å²) in [6, 6.07) is 20.3. The quantitative estimate of drug-likeness (QED) is 0.347. The lowest BCUT2D eigenvalue weighted by molar-refractivity contribution is -0.115. The Bertz CT molecular complexity index is 971. The number of amides is 1. The molecule has 0 unspecified atom stereocenters. The number of nitrogens with one attached hydrogen (secondary N) is 2. The van der Waals surface area contributed by atoms with Crippen LogP contribution in [0.15, 0.2) is 66.7 Å². The molecule has 3 aromatic rings. The van der Waals surface area contributed by atoms with E-state index in [1.54, 1.807) is 18.2 Å². The van der Waals surface area contributed by atoms with Crippen molar-refractivity contribution < 1.29 is 9.53 Å². The molecule has 1 amide bonds. The smallest absolute Gasteiger partial charge is 0.228 e. The van der Waals surface area contributed by atoms with Gasteiger partial charge in [0.15, 0.2) is 0 Å². The minimum absolute atomic E-state index is 0.117. The van der Waals surface area contributed by atoms with Crippen LogP contribution in [-0.4, -0.2) is 12.5 Å². The van der Waals surface area contributed by atoms with Gasteiger partial charge in [0.05, 0.1) is 28.8 Å². The third-order valence-corrected chi connectivity index (χ3v) is 5.13. The SMILES string of the molecule is CCCCOc1ccc(NC(=O)Cc2ccccc2Nc2c(Cl)cccc2Cl)cc1. The number of hydrogen-bond donors (Lipinski definition) is 2. The topological polar surface area (TPSA) is 50.4 Å². The Balaban J connectivity index is 1.64. The van der Waals surface area contributed by atoms with Gasteiger partial charge in [0, 0.05) is 11.4 Å². The van der Waals surface area contributed by atoms with Gasteiger partial charge in [0.25, 0.3) is 0 Å². The number of ether oxygens (including phenoxy) is 1. The van der Waals surface area contributed by atoms with Gasteiger partial charge in [0.1, 0.15) is 5.75 Å². The Labute approximate surface area is 187 Å². The molecule has 0 heterocycles. The average molecular weight is 443 g/mol. The van der Waals surface area contributed by atoms with E-state index in [4.69, 9.17) is 27.9 Å². The zero-order valence-corrected chi connectivity index (χ0v) is 18.3. The number of halogens is 2. The summed E-state index contributed by atoms with van der Waals surface area (Å²) in [5, 5.41) is 7.21. The Kier molecular flexibility index (Phi) is 8.00. The van der Waals surface area contributed by atoms with Gasteiger partial charge >= 0.3 is 0 Å². The highest BCUT2D eigenvalue weighted by Crippen LogP contribution is 2.33. The number of para-hydroxylation sites is 2. The molecular formula is C24H24Cl2N2O2. The van der Waals surface area contributed by atoms with Crippen molar-refractivity contribution in [1.82, 2.24) is 0 Å². The van der Waals surface area contributed by atoms with Gasteiger partial charge < -0.3 is 15.4 Å². The maximum absolute atomic E-state index is 12.6. The molecule has 4 nitrogen and oxygen atoms in total. The van der Waals surface area contributed by atoms with Crippen LogP contribution in [0.2, 0.25) is 10.0 Å². The summed E-state index contributed by atoms with van der Waals surface area (Å²) in [7, 11) is 0. The maximum Gasteiger partial charge on any atom is 0.228 e. The third-order valence-electron chi connectivity index (χ3n) is 4.50. The molecule has 0 radical (unpaired) electrons. The first kappa shape index (κ1) is 22.0. The largest absolute Gasteiger partial charge is 0.494 e. The van der Waals surface area contributed by atoms with E-state index < -0.39 is 0 Å². The van der Waals surface area contributed by atoms with Crippen LogP contribution in [0, 0.1) is 0 Å². The van der Waals surface area contributed by atoms with Crippen molar-refractivity contribution in [3.05, 3.63) is 82.3 Å². The van der Waals surface area contributed by atoms with Crippen LogP contribution in [-0.2, 0) is 11.2 Å². The summed E-state index contributed by atoms with van der Waals surface area (Å²) in [5.74, 6) is 0.682. The monoisotopic (exact) mass is 442 g/mol. The Morgan fingerprint density at radius 2 is 1.63 bits per heavy atom. The zero-order valence-electron chi connectivity index (χ0n) is 16.8. The fourth-order valence-corrected chi connectivity index (χ4v) is 3.39. The molecule has 0 spiro atoms. The number of benzene rings is 3. The Morgan fingerprint density at radius 1 is 0.933 bits per heavy atom. The van der Waals surface area contributed by atoms with Gasteiger partial charge in [-0.2, -0.15) is 0 Å². The standard InChI is InChI=1S/C24H24Cl2N2O2/c1-2-3-15-30-19-13-11-18(12-14-19)27-23(29)16-17-7-4-5-10-22(17)28-24-20(25)8-6-9-21(24)26/h4-14,28H,2-3,15-16H2,1H3,(H,27,29). The van der Waals surface area contributed by atoms with E-state index in [1.807, 2.05) is 48.5 Å². The summed E-state index contributed by atoms with van der Waals surface area (Å²) in [4.78, 5) is 12.6. The third kappa shape index (κ3) is 6.15. The zero-order chi connectivity index (χ0) is 21.3. The molecule has 0 fully saturated rings. The molecule has 0 bridgehead atoms. The van der Waals surface area contributed by atoms with E-state index in [2.05, 4.69) is 17.6 Å². The second kappa shape index (κ2) is 10.9. The summed E-state index contributed by atoms with van der Waals surface area (Å²) < 4.78 is 5.65. The highest BCUT2D eigenvalue weighted by atomic mass is 35.5. The lowest BCUT2D eigenvalue weighted by Gasteiger charge is -2.14. The molecule has 2 N–H and O–H groups in total. The van der Waals surface area contributed by atoms with Crippen LogP contribution in [0.1, 0.15) is 25.3 Å². The number of hydrogen-bond acceptors (Lipinski definition) is 3. The molecule has 3 aromatic carbocycles. The molecular weight excluding hydrogens is 419 g/mol. The molecule has 0 saturated carbocycles. The minimum Gasteiger partial charge on any atom is -0.494 e. The van der Waals surface area contributed by atoms with Crippen molar-refractivity contribution >= 4 is 46.2 Å². The number of anilines is 3. The van der Waals surface area contributed by atoms with E-state index in [9.17, 15) is 4.79 Å². The molecule has 0 aliphatic heterocycles. The van der Waals surface area contributed by atoms with Crippen molar-refractivity contribution in [1.29, 1.82) is 0 Å². The van der Waals surface area contributed by atoms with Gasteiger partial charge in [-0.15, -0.1) is 0 Å². The van der Waals surface area contributed by atoms with E-state index in [-0.39, 0.29) is 12.3 Å². The number of carbonyl (C=O) groups is 1. The van der Waals surface area contributed by atoms with Crippen molar-refractivity contribution in [2.24, 2.45) is 0 Å². The van der Waals surface area contributed by atoms with Crippen LogP contribution < -0.4 is 15.4 Å². The van der Waals surface area contributed by atoms with Crippen LogP contribution in [0.3, 0.4) is 0 Å². The predicted octanol–water partition coefficient (Wildman–Crippen LogP) is 7.10. The van der Waals surface area contributed by atoms with Gasteiger partial charge in [0.2, 0.25) is 5.91 Å². The highest BCUT2D eigenvalue weighted by Gasteiger charge is 2.11. The summed E-state index contributed by atoms with van der Waals surface area (Å²) >= 11 is 12.5. The lowest BCUT2D eigenvalue weighted by Crippen LogP contribution is -2.15. The molecule has 3 rings (SSSR count). The average Bonchev–Trinajstić information content (AvgIpc) is 2.73. The van der Waals surface area contributed by atoms with Gasteiger partial charge in [-0.05, 0) is 54.4 Å². The normalized spacial score (nSPS) is 10.5. The minimum atomic E-state index is -0.117. The van der Waals surface area contributed by atoms with Crippen LogP contribution >= 0.6 is 23.2 Å². The van der Waals surface area contributed by atoms with E-state index in [1.165, 1.54) is 0 Å². The Morgan fingerprint density at radius 3 is 2.33 bits per heavy atom. The number of unbranched alkanes of at least 4 members (excludes halogenated alkanes) is 1. The maximum atomic E-state index is 12.6. The van der Waals surface area contributed by atoms with Gasteiger partial charge in [-0.1, -0.05) is 60.8 Å². The summed E-state index contributed by atoms with van der Waals surface area (Å²) in [6.45, 7) is 2.82. The fourth-order valence-electron chi connectivity index (χ4n) is 2.90. The van der Waals surface area contributed by atoms with Gasteiger partial charge in [-0.3, -0.25) is 4.79 Å². The van der Waals surface area contributed by atoms with Crippen LogP contribution in [0.25, 0.3) is 0 Å². The number of rotatable bonds is 9. The molecule has 0 aromatic heterocycles. The van der Waals surface area contributed by atoms with Crippen LogP contribution in [0.4, 0.5) is 17.1 Å². The fraction of sp³-hybridized carbons (Fsp3) is 0.208. The molecule has 30 heavy (non-hydrogen) atoms. The molecule has 0 aliphatic carbocycles. The molecule has 0 saturated heterocycles. The number of carbonyl (C=O) groups excluding carboxylic acids is 1. The van der Waals surface area contributed by atoms with Crippen molar-refractivity contribution in [3.63, 3.8) is 0 Å². The summed E-state index contributed by atoms with van der Waals surface area (Å²) in [6.07, 6.45) is 2.32. The lowest BCUT2D eigenvalue weighted by atomic mass is 10.1. The van der Waals surface area contributed by atoms with E-state index >= 15 is 0 Å². The van der Waals surface area contributed by atoms with E-state index in [0.717, 1.165) is 35.5 Å². The predicted molar refractivity (Wildman–Crippen MR) is 125 cm³/mol. The molecule has 0 aliphatic rings. The highest BCUT2D eigenvalue weighted by molar-refractivity contribution is 6.39. The molecule has 6 heteroatoms. The van der Waals surface area contributed by atoms with Crippen LogP contribution in [0.5, 0.6) is 5.75 Å². The van der Waals surface area contributed by atoms with E-state index in [0.29, 0.717) is 22.3 Å². The van der Waals surface area contributed by atoms with Crippen molar-refractivity contribution in [2.45, 2.75) is 26.2 Å². The second-order valence-electron chi connectivity index (χ2n) is 6.83. The van der Waals surface area contributed by atoms with Crippen molar-refractivity contribution in [3.8, 4) is 5.75 Å². The first-order chi connectivity index (χ1) is 14.6. The first-order valence-electron chi connectivity index (χ1n) is 9.88. The summed E-state index contributed by atoms with van der Waals surface area (Å²) in [5.41, 5.74) is 2.96. The molecule has 156 valence electrons. The molecule has 0 atom stereocenters. The first-order valence-corrected chi connectivity index (χ1v) is 10.6.